The summed E-state index contributed by atoms with van der Waals surface area (Å²) in [6.45, 7) is 4.49. The Kier molecular flexibility index (Phi) is 3.55. The van der Waals surface area contributed by atoms with Gasteiger partial charge in [0.2, 0.25) is 0 Å². The predicted molar refractivity (Wildman–Crippen MR) is 94.4 cm³/mol. The second kappa shape index (κ2) is 5.64. The number of carbonyl (C=O) groups excluding carboxylic acids is 1. The van der Waals surface area contributed by atoms with Crippen LogP contribution in [0.2, 0.25) is 5.02 Å². The van der Waals surface area contributed by atoms with E-state index in [4.69, 9.17) is 11.6 Å². The lowest BCUT2D eigenvalue weighted by Gasteiger charge is -2.38. The lowest BCUT2D eigenvalue weighted by Crippen LogP contribution is -2.43. The molecule has 1 N–H and O–H groups in total. The quantitative estimate of drug-likeness (QED) is 0.725. The standard InChI is InChI=1S/C18H16ClN5O/c1-10-9-23(11(2)15-7-6-12(8-20)24(10)15)18(25)17-21-14-5-3-4-13(19)16(14)22-17/h3-7,10-11H,9H2,1-2H3,(H,21,22)/t10-,11-/m1/s1. The normalized spacial score (nSPS) is 19.7. The van der Waals surface area contributed by atoms with Gasteiger partial charge in [0.25, 0.3) is 5.91 Å². The number of fused-ring (bicyclic) bond motifs is 2. The molecule has 0 aliphatic carbocycles. The lowest BCUT2D eigenvalue weighted by molar-refractivity contribution is 0.0598. The number of nitriles is 1. The predicted octanol–water partition coefficient (Wildman–Crippen LogP) is 3.67. The summed E-state index contributed by atoms with van der Waals surface area (Å²) >= 11 is 6.17. The smallest absolute Gasteiger partial charge is 0.290 e. The number of aromatic nitrogens is 3. The molecule has 4 rings (SSSR count). The Hall–Kier alpha value is -2.78. The number of rotatable bonds is 1. The number of amides is 1. The highest BCUT2D eigenvalue weighted by Crippen LogP contribution is 2.33. The van der Waals surface area contributed by atoms with E-state index in [1.165, 1.54) is 0 Å². The van der Waals surface area contributed by atoms with Crippen molar-refractivity contribution in [1.29, 1.82) is 5.26 Å². The SMILES string of the molecule is C[C@@H]1c2ccc(C#N)n2[C@H](C)CN1C(=O)c1nc2cccc(Cl)c2[nH]1. The summed E-state index contributed by atoms with van der Waals surface area (Å²) < 4.78 is 2.00. The first-order chi connectivity index (χ1) is 12.0. The fraction of sp³-hybridized carbons (Fsp3) is 0.278. The molecule has 0 radical (unpaired) electrons. The Balaban J connectivity index is 1.73. The number of para-hydroxylation sites is 1. The Morgan fingerprint density at radius 2 is 2.16 bits per heavy atom. The van der Waals surface area contributed by atoms with Crippen molar-refractivity contribution in [2.75, 3.05) is 6.54 Å². The van der Waals surface area contributed by atoms with Gasteiger partial charge in [0.15, 0.2) is 5.82 Å². The third kappa shape index (κ3) is 2.31. The first kappa shape index (κ1) is 15.7. The van der Waals surface area contributed by atoms with E-state index in [0.717, 1.165) is 5.69 Å². The van der Waals surface area contributed by atoms with Crippen LogP contribution in [0.1, 0.15) is 47.9 Å². The Morgan fingerprint density at radius 1 is 1.36 bits per heavy atom. The third-order valence-corrected chi connectivity index (χ3v) is 5.11. The van der Waals surface area contributed by atoms with Crippen molar-refractivity contribution in [2.24, 2.45) is 0 Å². The number of halogens is 1. The maximum Gasteiger partial charge on any atom is 0.290 e. The molecule has 3 heterocycles. The highest BCUT2D eigenvalue weighted by molar-refractivity contribution is 6.35. The van der Waals surface area contributed by atoms with E-state index in [2.05, 4.69) is 16.0 Å². The zero-order chi connectivity index (χ0) is 17.7. The van der Waals surface area contributed by atoms with Crippen LogP contribution in [0.3, 0.4) is 0 Å². The molecule has 7 heteroatoms. The number of benzene rings is 1. The van der Waals surface area contributed by atoms with E-state index in [-0.39, 0.29) is 23.8 Å². The molecule has 0 spiro atoms. The van der Waals surface area contributed by atoms with E-state index in [9.17, 15) is 10.1 Å². The molecule has 0 fully saturated rings. The summed E-state index contributed by atoms with van der Waals surface area (Å²) in [6, 6.07) is 11.2. The van der Waals surface area contributed by atoms with Gasteiger partial charge in [0, 0.05) is 18.3 Å². The van der Waals surface area contributed by atoms with E-state index >= 15 is 0 Å². The number of hydrogen-bond acceptors (Lipinski definition) is 3. The molecule has 0 saturated carbocycles. The molecule has 0 unspecified atom stereocenters. The highest BCUT2D eigenvalue weighted by atomic mass is 35.5. The minimum Gasteiger partial charge on any atom is -0.333 e. The van der Waals surface area contributed by atoms with Gasteiger partial charge in [-0.05, 0) is 38.1 Å². The number of hydrogen-bond donors (Lipinski definition) is 1. The van der Waals surface area contributed by atoms with Crippen molar-refractivity contribution in [1.82, 2.24) is 19.4 Å². The average molecular weight is 354 g/mol. The third-order valence-electron chi connectivity index (χ3n) is 4.79. The first-order valence-corrected chi connectivity index (χ1v) is 8.45. The van der Waals surface area contributed by atoms with Crippen LogP contribution in [-0.2, 0) is 0 Å². The van der Waals surface area contributed by atoms with Gasteiger partial charge in [-0.15, -0.1) is 0 Å². The van der Waals surface area contributed by atoms with Gasteiger partial charge in [-0.25, -0.2) is 4.98 Å². The van der Waals surface area contributed by atoms with Gasteiger partial charge in [0.05, 0.1) is 22.1 Å². The largest absolute Gasteiger partial charge is 0.333 e. The number of carbonyl (C=O) groups is 1. The molecule has 1 aliphatic heterocycles. The maximum absolute atomic E-state index is 13.0. The Bertz CT molecular complexity index is 1030. The summed E-state index contributed by atoms with van der Waals surface area (Å²) in [5.74, 6) is 0.111. The summed E-state index contributed by atoms with van der Waals surface area (Å²) in [6.07, 6.45) is 0. The van der Waals surface area contributed by atoms with Crippen LogP contribution in [0, 0.1) is 11.3 Å². The molecule has 2 aromatic heterocycles. The molecule has 126 valence electrons. The average Bonchev–Trinajstić information content (AvgIpc) is 3.22. The molecule has 2 atom stereocenters. The molecule has 3 aromatic rings. The Labute approximate surface area is 149 Å². The number of nitrogens with zero attached hydrogens (tertiary/aromatic N) is 4. The second-order valence-corrected chi connectivity index (χ2v) is 6.73. The van der Waals surface area contributed by atoms with Crippen LogP contribution >= 0.6 is 11.6 Å². The van der Waals surface area contributed by atoms with Crippen molar-refractivity contribution in [3.8, 4) is 6.07 Å². The molecule has 6 nitrogen and oxygen atoms in total. The monoisotopic (exact) mass is 353 g/mol. The maximum atomic E-state index is 13.0. The van der Waals surface area contributed by atoms with Crippen LogP contribution in [0.25, 0.3) is 11.0 Å². The molecular formula is C18H16ClN5O. The van der Waals surface area contributed by atoms with Crippen molar-refractivity contribution in [3.63, 3.8) is 0 Å². The molecular weight excluding hydrogens is 338 g/mol. The van der Waals surface area contributed by atoms with Crippen LogP contribution in [0.5, 0.6) is 0 Å². The highest BCUT2D eigenvalue weighted by Gasteiger charge is 2.34. The van der Waals surface area contributed by atoms with Gasteiger partial charge in [-0.3, -0.25) is 4.79 Å². The van der Waals surface area contributed by atoms with Gasteiger partial charge >= 0.3 is 0 Å². The van der Waals surface area contributed by atoms with Gasteiger partial charge in [-0.2, -0.15) is 5.26 Å². The second-order valence-electron chi connectivity index (χ2n) is 6.33. The summed E-state index contributed by atoms with van der Waals surface area (Å²) in [5, 5.41) is 9.81. The van der Waals surface area contributed by atoms with Gasteiger partial charge in [0.1, 0.15) is 11.8 Å². The number of H-pyrrole nitrogens is 1. The minimum atomic E-state index is -0.169. The fourth-order valence-corrected chi connectivity index (χ4v) is 3.78. The molecule has 25 heavy (non-hydrogen) atoms. The van der Waals surface area contributed by atoms with Crippen molar-refractivity contribution in [3.05, 3.63) is 52.6 Å². The summed E-state index contributed by atoms with van der Waals surface area (Å²) in [5.41, 5.74) is 2.92. The first-order valence-electron chi connectivity index (χ1n) is 8.07. The van der Waals surface area contributed by atoms with E-state index in [1.807, 2.05) is 36.6 Å². The summed E-state index contributed by atoms with van der Waals surface area (Å²) in [4.78, 5) is 22.3. The molecule has 0 bridgehead atoms. The lowest BCUT2D eigenvalue weighted by atomic mass is 10.1. The fourth-order valence-electron chi connectivity index (χ4n) is 3.56. The van der Waals surface area contributed by atoms with Crippen LogP contribution < -0.4 is 0 Å². The molecule has 1 aliphatic rings. The number of aromatic amines is 1. The Morgan fingerprint density at radius 3 is 2.88 bits per heavy atom. The molecule has 1 aromatic carbocycles. The van der Waals surface area contributed by atoms with Gasteiger partial charge in [-0.1, -0.05) is 17.7 Å². The van der Waals surface area contributed by atoms with Crippen LogP contribution in [0.15, 0.2) is 30.3 Å². The van der Waals surface area contributed by atoms with Gasteiger partial charge < -0.3 is 14.5 Å². The van der Waals surface area contributed by atoms with Crippen LogP contribution in [0.4, 0.5) is 0 Å². The van der Waals surface area contributed by atoms with E-state index in [1.54, 1.807) is 17.0 Å². The van der Waals surface area contributed by atoms with Crippen LogP contribution in [-0.4, -0.2) is 31.9 Å². The molecule has 0 saturated heterocycles. The number of nitrogens with one attached hydrogen (secondary N) is 1. The topological polar surface area (TPSA) is 77.7 Å². The zero-order valence-corrected chi connectivity index (χ0v) is 14.6. The summed E-state index contributed by atoms with van der Waals surface area (Å²) in [7, 11) is 0. The zero-order valence-electron chi connectivity index (χ0n) is 13.8. The van der Waals surface area contributed by atoms with E-state index < -0.39 is 0 Å². The molecule has 1 amide bonds. The van der Waals surface area contributed by atoms with Crippen molar-refractivity contribution in [2.45, 2.75) is 25.9 Å². The minimum absolute atomic E-state index is 0.0211. The van der Waals surface area contributed by atoms with E-state index in [0.29, 0.717) is 28.3 Å². The number of imidazole rings is 1. The van der Waals surface area contributed by atoms with Crippen molar-refractivity contribution < 1.29 is 4.79 Å². The van der Waals surface area contributed by atoms with Crippen molar-refractivity contribution >= 4 is 28.5 Å².